The third-order valence-corrected chi connectivity index (χ3v) is 5.21. The number of carboxylic acid groups (broad SMARTS) is 1. The fraction of sp³-hybridized carbons (Fsp3) is 0.286. The van der Waals surface area contributed by atoms with E-state index in [-0.39, 0.29) is 16.8 Å². The number of carbonyl (C=O) groups is 2. The van der Waals surface area contributed by atoms with Crippen LogP contribution in [0.3, 0.4) is 0 Å². The molecule has 2 aromatic rings. The molecule has 2 aromatic carbocycles. The van der Waals surface area contributed by atoms with E-state index < -0.39 is 11.9 Å². The number of nitrogens with zero attached hydrogens (tertiary/aromatic N) is 3. The predicted octanol–water partition coefficient (Wildman–Crippen LogP) is 3.33. The van der Waals surface area contributed by atoms with Crippen molar-refractivity contribution in [1.82, 2.24) is 4.90 Å². The monoisotopic (exact) mass is 412 g/mol. The van der Waals surface area contributed by atoms with Crippen LogP contribution in [-0.4, -0.2) is 54.6 Å². The molecule has 1 amide bonds. The first-order valence-corrected chi connectivity index (χ1v) is 9.65. The minimum atomic E-state index is -1.12. The number of rotatable bonds is 6. The zero-order valence-corrected chi connectivity index (χ0v) is 16.5. The van der Waals surface area contributed by atoms with Crippen molar-refractivity contribution in [3.63, 3.8) is 0 Å². The van der Waals surface area contributed by atoms with E-state index in [4.69, 9.17) is 16.9 Å². The number of carboxylic acids is 1. The Morgan fingerprint density at radius 3 is 2.48 bits per heavy atom. The van der Waals surface area contributed by atoms with Gasteiger partial charge in [-0.25, -0.2) is 4.79 Å². The molecule has 1 heterocycles. The second-order valence-electron chi connectivity index (χ2n) is 6.71. The summed E-state index contributed by atoms with van der Waals surface area (Å²) in [6.45, 7) is 3.87. The molecule has 2 N–H and O–H groups in total. The predicted molar refractivity (Wildman–Crippen MR) is 112 cm³/mol. The highest BCUT2D eigenvalue weighted by Gasteiger charge is 2.20. The molecule has 1 aliphatic heterocycles. The van der Waals surface area contributed by atoms with Crippen molar-refractivity contribution in [2.75, 3.05) is 42.9 Å². The number of halogens is 1. The molecule has 1 saturated heterocycles. The first kappa shape index (κ1) is 20.6. The Labute approximate surface area is 174 Å². The molecule has 1 fully saturated rings. The SMILES string of the molecule is N#CCCN1CCN(c2ccc(NC(=O)c3ccccc3Cl)c(C(=O)O)c2)CC1. The van der Waals surface area contributed by atoms with E-state index in [9.17, 15) is 14.7 Å². The molecule has 0 aliphatic carbocycles. The molecule has 1 aliphatic rings. The lowest BCUT2D eigenvalue weighted by molar-refractivity contribution is 0.0698. The van der Waals surface area contributed by atoms with Gasteiger partial charge in [0.25, 0.3) is 5.91 Å². The Balaban J connectivity index is 1.74. The van der Waals surface area contributed by atoms with Gasteiger partial charge in [0.1, 0.15) is 0 Å². The van der Waals surface area contributed by atoms with Crippen molar-refractivity contribution < 1.29 is 14.7 Å². The van der Waals surface area contributed by atoms with Crippen molar-refractivity contribution in [3.05, 3.63) is 58.6 Å². The quantitative estimate of drug-likeness (QED) is 0.755. The summed E-state index contributed by atoms with van der Waals surface area (Å²) in [4.78, 5) is 28.6. The average Bonchev–Trinajstić information content (AvgIpc) is 2.73. The molecule has 7 nitrogen and oxygen atoms in total. The Morgan fingerprint density at radius 1 is 1.10 bits per heavy atom. The molecule has 0 radical (unpaired) electrons. The summed E-state index contributed by atoms with van der Waals surface area (Å²) in [5, 5.41) is 21.3. The smallest absolute Gasteiger partial charge is 0.337 e. The van der Waals surface area contributed by atoms with E-state index in [0.29, 0.717) is 11.4 Å². The molecule has 29 heavy (non-hydrogen) atoms. The highest BCUT2D eigenvalue weighted by Crippen LogP contribution is 2.26. The summed E-state index contributed by atoms with van der Waals surface area (Å²) < 4.78 is 0. The summed E-state index contributed by atoms with van der Waals surface area (Å²) >= 11 is 6.05. The summed E-state index contributed by atoms with van der Waals surface area (Å²) in [5.74, 6) is -1.58. The maximum Gasteiger partial charge on any atom is 0.337 e. The number of hydrogen-bond acceptors (Lipinski definition) is 5. The largest absolute Gasteiger partial charge is 0.478 e. The van der Waals surface area contributed by atoms with Crippen LogP contribution in [-0.2, 0) is 0 Å². The van der Waals surface area contributed by atoms with Gasteiger partial charge >= 0.3 is 5.97 Å². The number of aromatic carboxylic acids is 1. The average molecular weight is 413 g/mol. The highest BCUT2D eigenvalue weighted by atomic mass is 35.5. The van der Waals surface area contributed by atoms with Crippen LogP contribution in [0.4, 0.5) is 11.4 Å². The topological polar surface area (TPSA) is 96.7 Å². The molecule has 8 heteroatoms. The van der Waals surface area contributed by atoms with E-state index in [2.05, 4.69) is 21.2 Å². The van der Waals surface area contributed by atoms with Gasteiger partial charge in [-0.15, -0.1) is 0 Å². The minimum absolute atomic E-state index is 0.0230. The van der Waals surface area contributed by atoms with Crippen LogP contribution in [0.15, 0.2) is 42.5 Å². The number of hydrogen-bond donors (Lipinski definition) is 2. The normalized spacial score (nSPS) is 14.3. The maximum absolute atomic E-state index is 12.5. The molecule has 0 unspecified atom stereocenters. The van der Waals surface area contributed by atoms with E-state index in [1.807, 2.05) is 0 Å². The van der Waals surface area contributed by atoms with Crippen molar-refractivity contribution in [3.8, 4) is 6.07 Å². The van der Waals surface area contributed by atoms with Gasteiger partial charge in [0.15, 0.2) is 0 Å². The fourth-order valence-corrected chi connectivity index (χ4v) is 3.51. The number of carbonyl (C=O) groups excluding carboxylic acids is 1. The Hall–Kier alpha value is -3.08. The lowest BCUT2D eigenvalue weighted by atomic mass is 10.1. The molecule has 0 saturated carbocycles. The lowest BCUT2D eigenvalue weighted by Gasteiger charge is -2.36. The van der Waals surface area contributed by atoms with E-state index in [1.165, 1.54) is 0 Å². The summed E-state index contributed by atoms with van der Waals surface area (Å²) in [6, 6.07) is 13.7. The van der Waals surface area contributed by atoms with Crippen LogP contribution in [0.5, 0.6) is 0 Å². The third-order valence-electron chi connectivity index (χ3n) is 4.88. The standard InChI is InChI=1S/C21H21ClN4O3/c22-18-5-2-1-4-16(18)20(27)24-19-7-6-15(14-17(19)21(28)29)26-12-10-25(11-13-26)9-3-8-23/h1-2,4-7,14H,3,9-13H2,(H,24,27)(H,28,29). The van der Waals surface area contributed by atoms with Gasteiger partial charge in [0, 0.05) is 44.8 Å². The zero-order chi connectivity index (χ0) is 20.8. The molecule has 0 spiro atoms. The van der Waals surface area contributed by atoms with E-state index in [0.717, 1.165) is 38.4 Å². The lowest BCUT2D eigenvalue weighted by Crippen LogP contribution is -2.46. The molecular formula is C21H21ClN4O3. The minimum Gasteiger partial charge on any atom is -0.478 e. The first-order chi connectivity index (χ1) is 14.0. The highest BCUT2D eigenvalue weighted by molar-refractivity contribution is 6.34. The number of amides is 1. The number of nitriles is 1. The van der Waals surface area contributed by atoms with E-state index in [1.54, 1.807) is 42.5 Å². The molecule has 0 bridgehead atoms. The number of piperazine rings is 1. The second kappa shape index (κ2) is 9.41. The number of nitrogens with one attached hydrogen (secondary N) is 1. The maximum atomic E-state index is 12.5. The van der Waals surface area contributed by atoms with Gasteiger partial charge in [-0.05, 0) is 30.3 Å². The summed E-state index contributed by atoms with van der Waals surface area (Å²) in [5.41, 5.74) is 1.31. The fourth-order valence-electron chi connectivity index (χ4n) is 3.29. The zero-order valence-electron chi connectivity index (χ0n) is 15.8. The molecular weight excluding hydrogens is 392 g/mol. The van der Waals surface area contributed by atoms with Crippen molar-refractivity contribution in [2.45, 2.75) is 6.42 Å². The Bertz CT molecular complexity index is 949. The number of anilines is 2. The van der Waals surface area contributed by atoms with E-state index >= 15 is 0 Å². The first-order valence-electron chi connectivity index (χ1n) is 9.27. The van der Waals surface area contributed by atoms with Gasteiger partial charge < -0.3 is 15.3 Å². The van der Waals surface area contributed by atoms with Gasteiger partial charge in [-0.2, -0.15) is 5.26 Å². The van der Waals surface area contributed by atoms with Gasteiger partial charge in [0.05, 0.1) is 27.9 Å². The Morgan fingerprint density at radius 2 is 1.83 bits per heavy atom. The van der Waals surface area contributed by atoms with Crippen LogP contribution in [0.1, 0.15) is 27.1 Å². The molecule has 150 valence electrons. The number of benzene rings is 2. The van der Waals surface area contributed by atoms with Crippen LogP contribution in [0, 0.1) is 11.3 Å². The van der Waals surface area contributed by atoms with Crippen LogP contribution in [0.2, 0.25) is 5.02 Å². The van der Waals surface area contributed by atoms with Gasteiger partial charge in [-0.3, -0.25) is 9.69 Å². The van der Waals surface area contributed by atoms with Gasteiger partial charge in [-0.1, -0.05) is 23.7 Å². The molecule has 3 rings (SSSR count). The van der Waals surface area contributed by atoms with Crippen molar-refractivity contribution in [1.29, 1.82) is 5.26 Å². The molecule has 0 aromatic heterocycles. The van der Waals surface area contributed by atoms with Crippen LogP contribution >= 0.6 is 11.6 Å². The van der Waals surface area contributed by atoms with Crippen molar-refractivity contribution in [2.24, 2.45) is 0 Å². The van der Waals surface area contributed by atoms with Crippen molar-refractivity contribution >= 4 is 34.9 Å². The van der Waals surface area contributed by atoms with Crippen LogP contribution in [0.25, 0.3) is 0 Å². The summed E-state index contributed by atoms with van der Waals surface area (Å²) in [6.07, 6.45) is 0.503. The summed E-state index contributed by atoms with van der Waals surface area (Å²) in [7, 11) is 0. The third kappa shape index (κ3) is 5.05. The molecule has 0 atom stereocenters. The Kier molecular flexibility index (Phi) is 6.70. The van der Waals surface area contributed by atoms with Gasteiger partial charge in [0.2, 0.25) is 0 Å². The van der Waals surface area contributed by atoms with Crippen LogP contribution < -0.4 is 10.2 Å². The second-order valence-corrected chi connectivity index (χ2v) is 7.11.